The van der Waals surface area contributed by atoms with Crippen LogP contribution >= 0.6 is 0 Å². The molecule has 0 amide bonds. The molecule has 0 heterocycles. The van der Waals surface area contributed by atoms with Gasteiger partial charge in [0.05, 0.1) is 12.2 Å². The van der Waals surface area contributed by atoms with Crippen molar-refractivity contribution < 1.29 is 10.2 Å². The molecule has 2 aliphatic carbocycles. The summed E-state index contributed by atoms with van der Waals surface area (Å²) < 4.78 is 0. The lowest BCUT2D eigenvalue weighted by molar-refractivity contribution is 0.0741. The van der Waals surface area contributed by atoms with Gasteiger partial charge in [-0.05, 0) is 56.3 Å². The van der Waals surface area contributed by atoms with Gasteiger partial charge in [0, 0.05) is 0 Å². The molecule has 98 valence electrons. The van der Waals surface area contributed by atoms with Crippen molar-refractivity contribution in [3.05, 3.63) is 11.6 Å². The van der Waals surface area contributed by atoms with Crippen molar-refractivity contribution in [1.29, 1.82) is 0 Å². The molecule has 1 unspecified atom stereocenters. The highest BCUT2D eigenvalue weighted by Gasteiger charge is 2.36. The lowest BCUT2D eigenvalue weighted by atomic mass is 9.64. The second-order valence-corrected chi connectivity index (χ2v) is 6.38. The minimum Gasteiger partial charge on any atom is -0.393 e. The van der Waals surface area contributed by atoms with Gasteiger partial charge in [-0.3, -0.25) is 0 Å². The van der Waals surface area contributed by atoms with Gasteiger partial charge in [0.15, 0.2) is 0 Å². The van der Waals surface area contributed by atoms with Gasteiger partial charge in [-0.2, -0.15) is 0 Å². The monoisotopic (exact) mass is 238 g/mol. The number of allylic oxidation sites excluding steroid dienone is 1. The molecule has 2 heteroatoms. The first-order chi connectivity index (χ1) is 8.00. The Hall–Kier alpha value is -0.340. The van der Waals surface area contributed by atoms with Crippen LogP contribution < -0.4 is 0 Å². The number of hydrogen-bond acceptors (Lipinski definition) is 2. The highest BCUT2D eigenvalue weighted by molar-refractivity contribution is 5.17. The van der Waals surface area contributed by atoms with E-state index in [2.05, 4.69) is 19.9 Å². The van der Waals surface area contributed by atoms with Crippen LogP contribution in [-0.4, -0.2) is 22.4 Å². The molecule has 2 rings (SSSR count). The summed E-state index contributed by atoms with van der Waals surface area (Å²) in [5.41, 5.74) is 1.78. The van der Waals surface area contributed by atoms with Crippen LogP contribution in [0.4, 0.5) is 0 Å². The zero-order valence-electron chi connectivity index (χ0n) is 11.2. The van der Waals surface area contributed by atoms with Crippen LogP contribution in [0.15, 0.2) is 11.6 Å². The van der Waals surface area contributed by atoms with Gasteiger partial charge in [-0.1, -0.05) is 25.5 Å². The summed E-state index contributed by atoms with van der Waals surface area (Å²) in [7, 11) is 0. The zero-order chi connectivity index (χ0) is 12.5. The quantitative estimate of drug-likeness (QED) is 0.726. The lowest BCUT2D eigenvalue weighted by Crippen LogP contribution is -2.33. The van der Waals surface area contributed by atoms with Gasteiger partial charge < -0.3 is 10.2 Å². The summed E-state index contributed by atoms with van der Waals surface area (Å²) in [6.45, 7) is 4.69. The van der Waals surface area contributed by atoms with Gasteiger partial charge in [-0.15, -0.1) is 0 Å². The molecule has 2 aliphatic rings. The van der Waals surface area contributed by atoms with Gasteiger partial charge in [-0.25, -0.2) is 0 Å². The van der Waals surface area contributed by atoms with E-state index < -0.39 is 0 Å². The molecule has 1 atom stereocenters. The molecule has 2 N–H and O–H groups in total. The molecule has 0 aromatic carbocycles. The molecule has 0 bridgehead atoms. The second kappa shape index (κ2) is 5.11. The van der Waals surface area contributed by atoms with Crippen LogP contribution in [0.2, 0.25) is 0 Å². The first-order valence-electron chi connectivity index (χ1n) is 7.06. The average molecular weight is 238 g/mol. The fourth-order valence-corrected chi connectivity index (χ4v) is 3.47. The Morgan fingerprint density at radius 3 is 2.18 bits per heavy atom. The molecule has 0 aromatic rings. The van der Waals surface area contributed by atoms with Crippen molar-refractivity contribution in [2.24, 2.45) is 11.3 Å². The van der Waals surface area contributed by atoms with Crippen molar-refractivity contribution in [2.45, 2.75) is 71.0 Å². The Morgan fingerprint density at radius 1 is 1.00 bits per heavy atom. The van der Waals surface area contributed by atoms with Gasteiger partial charge in [0.1, 0.15) is 0 Å². The molecular weight excluding hydrogens is 212 g/mol. The van der Waals surface area contributed by atoms with Gasteiger partial charge in [0.25, 0.3) is 0 Å². The number of hydrogen-bond donors (Lipinski definition) is 2. The topological polar surface area (TPSA) is 40.5 Å². The number of rotatable bonds is 2. The molecule has 0 radical (unpaired) electrons. The maximum Gasteiger partial charge on any atom is 0.0577 e. The van der Waals surface area contributed by atoms with Crippen LogP contribution in [0.5, 0.6) is 0 Å². The predicted octanol–water partition coefficient (Wildman–Crippen LogP) is 3.03. The molecule has 0 spiro atoms. The van der Waals surface area contributed by atoms with E-state index in [1.165, 1.54) is 5.57 Å². The third-order valence-corrected chi connectivity index (χ3v) is 4.93. The highest BCUT2D eigenvalue weighted by Crippen LogP contribution is 2.45. The third kappa shape index (κ3) is 2.92. The van der Waals surface area contributed by atoms with Gasteiger partial charge in [0.2, 0.25) is 0 Å². The Labute approximate surface area is 105 Å². The SMILES string of the molecule is CC(C)(C1=CCC(O)CC1)C1CCC(O)CC1. The minimum absolute atomic E-state index is 0.0655. The van der Waals surface area contributed by atoms with Crippen LogP contribution in [0.3, 0.4) is 0 Å². The lowest BCUT2D eigenvalue weighted by Gasteiger charge is -2.41. The Balaban J connectivity index is 2.02. The zero-order valence-corrected chi connectivity index (χ0v) is 11.2. The fourth-order valence-electron chi connectivity index (χ4n) is 3.47. The van der Waals surface area contributed by atoms with Crippen molar-refractivity contribution in [1.82, 2.24) is 0 Å². The van der Waals surface area contributed by atoms with E-state index in [1.807, 2.05) is 0 Å². The molecule has 0 saturated heterocycles. The summed E-state index contributed by atoms with van der Waals surface area (Å²) in [5, 5.41) is 19.2. The van der Waals surface area contributed by atoms with E-state index in [-0.39, 0.29) is 17.6 Å². The highest BCUT2D eigenvalue weighted by atomic mass is 16.3. The van der Waals surface area contributed by atoms with E-state index in [0.717, 1.165) is 44.9 Å². The fraction of sp³-hybridized carbons (Fsp3) is 0.867. The summed E-state index contributed by atoms with van der Waals surface area (Å²) in [5.74, 6) is 0.701. The van der Waals surface area contributed by atoms with E-state index in [9.17, 15) is 10.2 Å². The summed E-state index contributed by atoms with van der Waals surface area (Å²) in [4.78, 5) is 0. The van der Waals surface area contributed by atoms with Crippen LogP contribution in [-0.2, 0) is 0 Å². The smallest absolute Gasteiger partial charge is 0.0577 e. The van der Waals surface area contributed by atoms with Crippen LogP contribution in [0.25, 0.3) is 0 Å². The molecule has 1 fully saturated rings. The second-order valence-electron chi connectivity index (χ2n) is 6.38. The van der Waals surface area contributed by atoms with Crippen molar-refractivity contribution in [3.63, 3.8) is 0 Å². The number of aliphatic hydroxyl groups is 2. The van der Waals surface area contributed by atoms with E-state index >= 15 is 0 Å². The largest absolute Gasteiger partial charge is 0.393 e. The van der Waals surface area contributed by atoms with E-state index in [1.54, 1.807) is 0 Å². The standard InChI is InChI=1S/C15H26O2/c1-15(2,11-3-7-13(16)8-4-11)12-5-9-14(17)10-6-12/h3,12-14,16-17H,4-10H2,1-2H3. The first-order valence-corrected chi connectivity index (χ1v) is 7.06. The summed E-state index contributed by atoms with van der Waals surface area (Å²) in [6, 6.07) is 0. The Bertz CT molecular complexity index is 285. The normalized spacial score (nSPS) is 35.5. The van der Waals surface area contributed by atoms with Gasteiger partial charge >= 0.3 is 0 Å². The molecule has 1 saturated carbocycles. The predicted molar refractivity (Wildman–Crippen MR) is 69.7 cm³/mol. The average Bonchev–Trinajstić information content (AvgIpc) is 2.30. The number of aliphatic hydroxyl groups excluding tert-OH is 2. The van der Waals surface area contributed by atoms with Crippen LogP contribution in [0.1, 0.15) is 58.8 Å². The molecule has 17 heavy (non-hydrogen) atoms. The molecule has 0 aromatic heterocycles. The van der Waals surface area contributed by atoms with Crippen molar-refractivity contribution in [3.8, 4) is 0 Å². The summed E-state index contributed by atoms with van der Waals surface area (Å²) >= 11 is 0. The third-order valence-electron chi connectivity index (χ3n) is 4.93. The van der Waals surface area contributed by atoms with E-state index in [4.69, 9.17) is 0 Å². The minimum atomic E-state index is -0.122. The molecule has 2 nitrogen and oxygen atoms in total. The maximum absolute atomic E-state index is 9.59. The maximum atomic E-state index is 9.59. The molecule has 0 aliphatic heterocycles. The Morgan fingerprint density at radius 2 is 1.65 bits per heavy atom. The van der Waals surface area contributed by atoms with Crippen molar-refractivity contribution in [2.75, 3.05) is 0 Å². The Kier molecular flexibility index (Phi) is 3.94. The van der Waals surface area contributed by atoms with Crippen LogP contribution in [0, 0.1) is 11.3 Å². The van der Waals surface area contributed by atoms with Crippen molar-refractivity contribution >= 4 is 0 Å². The van der Waals surface area contributed by atoms with E-state index in [0.29, 0.717) is 5.92 Å². The molecular formula is C15H26O2. The summed E-state index contributed by atoms with van der Waals surface area (Å²) in [6.07, 6.45) is 9.09. The first kappa shape index (κ1) is 13.1.